The third-order valence-electron chi connectivity index (χ3n) is 2.91. The molecule has 4 heteroatoms. The Kier molecular flexibility index (Phi) is 4.03. The van der Waals surface area contributed by atoms with Gasteiger partial charge in [-0.3, -0.25) is 4.79 Å². The Morgan fingerprint density at radius 2 is 1.90 bits per heavy atom. The van der Waals surface area contributed by atoms with E-state index in [1.807, 2.05) is 12.1 Å². The first-order valence-electron chi connectivity index (χ1n) is 6.44. The van der Waals surface area contributed by atoms with Gasteiger partial charge in [0.25, 0.3) is 5.91 Å². The van der Waals surface area contributed by atoms with Crippen molar-refractivity contribution in [2.75, 3.05) is 0 Å². The average Bonchev–Trinajstić information content (AvgIpc) is 2.91. The fraction of sp³-hybridized carbons (Fsp3) is 0.250. The first-order chi connectivity index (χ1) is 9.47. The topological polar surface area (TPSA) is 54.6 Å². The quantitative estimate of drug-likeness (QED) is 0.687. The molecule has 1 aromatic heterocycles. The summed E-state index contributed by atoms with van der Waals surface area (Å²) in [5.41, 5.74) is 4.31. The van der Waals surface area contributed by atoms with Crippen LogP contribution < -0.4 is 5.43 Å². The van der Waals surface area contributed by atoms with Gasteiger partial charge >= 0.3 is 0 Å². The van der Waals surface area contributed by atoms with Crippen LogP contribution in [0.15, 0.2) is 52.2 Å². The lowest BCUT2D eigenvalue weighted by molar-refractivity contribution is 0.0955. The molecule has 1 aromatic carbocycles. The summed E-state index contributed by atoms with van der Waals surface area (Å²) in [5.74, 6) is 0.349. The predicted molar refractivity (Wildman–Crippen MR) is 78.9 cm³/mol. The number of furan rings is 1. The Labute approximate surface area is 118 Å². The molecule has 4 nitrogen and oxygen atoms in total. The summed E-state index contributed by atoms with van der Waals surface area (Å²) in [6.07, 6.45) is 3.01. The van der Waals surface area contributed by atoms with E-state index in [0.717, 1.165) is 0 Å². The fourth-order valence-corrected chi connectivity index (χ4v) is 1.71. The molecule has 0 fully saturated rings. The van der Waals surface area contributed by atoms with Gasteiger partial charge in [-0.05, 0) is 35.2 Å². The van der Waals surface area contributed by atoms with E-state index in [9.17, 15) is 4.79 Å². The normalized spacial score (nSPS) is 11.8. The van der Waals surface area contributed by atoms with E-state index >= 15 is 0 Å². The maximum atomic E-state index is 11.9. The minimum absolute atomic E-state index is 0.0758. The average molecular weight is 270 g/mol. The van der Waals surface area contributed by atoms with Crippen LogP contribution in [-0.2, 0) is 5.41 Å². The van der Waals surface area contributed by atoms with Crippen LogP contribution in [0.25, 0.3) is 0 Å². The minimum Gasteiger partial charge on any atom is -0.463 e. The van der Waals surface area contributed by atoms with Gasteiger partial charge in [-0.2, -0.15) is 5.10 Å². The van der Waals surface area contributed by atoms with Crippen LogP contribution in [0, 0.1) is 0 Å². The molecule has 2 rings (SSSR count). The molecule has 0 atom stereocenters. The largest absolute Gasteiger partial charge is 0.463 e. The molecule has 1 heterocycles. The predicted octanol–water partition coefficient (Wildman–Crippen LogP) is 3.34. The van der Waals surface area contributed by atoms with Crippen LogP contribution in [0.2, 0.25) is 0 Å². The van der Waals surface area contributed by atoms with E-state index in [1.54, 1.807) is 30.5 Å². The number of hydrogen-bond donors (Lipinski definition) is 1. The van der Waals surface area contributed by atoms with Crippen molar-refractivity contribution in [3.05, 3.63) is 59.5 Å². The Hall–Kier alpha value is -2.36. The van der Waals surface area contributed by atoms with Crippen molar-refractivity contribution >= 4 is 12.1 Å². The van der Waals surface area contributed by atoms with Crippen LogP contribution in [0.5, 0.6) is 0 Å². The van der Waals surface area contributed by atoms with E-state index in [-0.39, 0.29) is 11.3 Å². The highest BCUT2D eigenvalue weighted by molar-refractivity contribution is 5.94. The van der Waals surface area contributed by atoms with E-state index in [4.69, 9.17) is 4.42 Å². The standard InChI is InChI=1S/C16H18N2O2/c1-16(2,3)13-8-6-12(7-9-13)15(19)18-17-11-14-5-4-10-20-14/h4-11H,1-3H3,(H,18,19)/b17-11-. The summed E-state index contributed by atoms with van der Waals surface area (Å²) in [7, 11) is 0. The summed E-state index contributed by atoms with van der Waals surface area (Å²) in [6, 6.07) is 11.1. The van der Waals surface area contributed by atoms with E-state index in [2.05, 4.69) is 31.3 Å². The molecule has 0 aliphatic heterocycles. The van der Waals surface area contributed by atoms with Crippen LogP contribution in [0.1, 0.15) is 42.5 Å². The van der Waals surface area contributed by atoms with Gasteiger partial charge in [0.1, 0.15) is 5.76 Å². The van der Waals surface area contributed by atoms with Crippen molar-refractivity contribution in [2.24, 2.45) is 5.10 Å². The van der Waals surface area contributed by atoms with Gasteiger partial charge in [0, 0.05) is 5.56 Å². The molecule has 0 saturated carbocycles. The molecule has 1 amide bonds. The summed E-state index contributed by atoms with van der Waals surface area (Å²) in [4.78, 5) is 11.9. The number of nitrogens with zero attached hydrogens (tertiary/aromatic N) is 1. The molecule has 20 heavy (non-hydrogen) atoms. The van der Waals surface area contributed by atoms with Crippen molar-refractivity contribution in [2.45, 2.75) is 26.2 Å². The highest BCUT2D eigenvalue weighted by Gasteiger charge is 2.14. The molecule has 0 spiro atoms. The van der Waals surface area contributed by atoms with E-state index in [1.165, 1.54) is 11.8 Å². The third-order valence-corrected chi connectivity index (χ3v) is 2.91. The lowest BCUT2D eigenvalue weighted by atomic mass is 9.87. The molecule has 0 aliphatic carbocycles. The molecule has 1 N–H and O–H groups in total. The maximum Gasteiger partial charge on any atom is 0.271 e. The van der Waals surface area contributed by atoms with Gasteiger partial charge in [0.2, 0.25) is 0 Å². The summed E-state index contributed by atoms with van der Waals surface area (Å²) >= 11 is 0. The Bertz CT molecular complexity index is 590. The smallest absolute Gasteiger partial charge is 0.271 e. The van der Waals surface area contributed by atoms with E-state index < -0.39 is 0 Å². The van der Waals surface area contributed by atoms with Crippen LogP contribution in [-0.4, -0.2) is 12.1 Å². The number of carbonyl (C=O) groups excluding carboxylic acids is 1. The SMILES string of the molecule is CC(C)(C)c1ccc(C(=O)N/N=C\c2ccco2)cc1. The maximum absolute atomic E-state index is 11.9. The van der Waals surface area contributed by atoms with Gasteiger partial charge in [-0.25, -0.2) is 5.43 Å². The molecule has 2 aromatic rings. The first-order valence-corrected chi connectivity index (χ1v) is 6.44. The highest BCUT2D eigenvalue weighted by atomic mass is 16.3. The second kappa shape index (κ2) is 5.74. The zero-order chi connectivity index (χ0) is 14.6. The fourth-order valence-electron chi connectivity index (χ4n) is 1.71. The number of hydrazone groups is 1. The molecule has 104 valence electrons. The minimum atomic E-state index is -0.242. The number of rotatable bonds is 3. The van der Waals surface area contributed by atoms with Crippen molar-refractivity contribution in [1.82, 2.24) is 5.43 Å². The van der Waals surface area contributed by atoms with Crippen LogP contribution >= 0.6 is 0 Å². The summed E-state index contributed by atoms with van der Waals surface area (Å²) in [5, 5.41) is 3.84. The molecule has 0 radical (unpaired) electrons. The van der Waals surface area contributed by atoms with Crippen molar-refractivity contribution < 1.29 is 9.21 Å². The lowest BCUT2D eigenvalue weighted by Gasteiger charge is -2.18. The lowest BCUT2D eigenvalue weighted by Crippen LogP contribution is -2.18. The van der Waals surface area contributed by atoms with Crippen molar-refractivity contribution in [3.63, 3.8) is 0 Å². The Balaban J connectivity index is 1.99. The number of nitrogens with one attached hydrogen (secondary N) is 1. The molecule has 0 unspecified atom stereocenters. The zero-order valence-corrected chi connectivity index (χ0v) is 11.9. The van der Waals surface area contributed by atoms with Crippen LogP contribution in [0.4, 0.5) is 0 Å². The van der Waals surface area contributed by atoms with Gasteiger partial charge in [0.05, 0.1) is 12.5 Å². The van der Waals surface area contributed by atoms with Crippen LogP contribution in [0.3, 0.4) is 0 Å². The van der Waals surface area contributed by atoms with Crippen molar-refractivity contribution in [3.8, 4) is 0 Å². The molecular weight excluding hydrogens is 252 g/mol. The Morgan fingerprint density at radius 3 is 2.45 bits per heavy atom. The van der Waals surface area contributed by atoms with Gasteiger partial charge in [-0.1, -0.05) is 32.9 Å². The van der Waals surface area contributed by atoms with Crippen molar-refractivity contribution in [1.29, 1.82) is 0 Å². The summed E-state index contributed by atoms with van der Waals surface area (Å²) < 4.78 is 5.07. The molecule has 0 aliphatic rings. The van der Waals surface area contributed by atoms with Gasteiger partial charge in [0.15, 0.2) is 0 Å². The third kappa shape index (κ3) is 3.57. The zero-order valence-electron chi connectivity index (χ0n) is 11.9. The Morgan fingerprint density at radius 1 is 1.20 bits per heavy atom. The number of benzene rings is 1. The second-order valence-electron chi connectivity index (χ2n) is 5.54. The first kappa shape index (κ1) is 14.1. The van der Waals surface area contributed by atoms with Gasteiger partial charge < -0.3 is 4.42 Å². The molecule has 0 bridgehead atoms. The number of hydrogen-bond acceptors (Lipinski definition) is 3. The molecular formula is C16H18N2O2. The molecule has 0 saturated heterocycles. The van der Waals surface area contributed by atoms with Gasteiger partial charge in [-0.15, -0.1) is 0 Å². The monoisotopic (exact) mass is 270 g/mol. The summed E-state index contributed by atoms with van der Waals surface area (Å²) in [6.45, 7) is 6.40. The number of amides is 1. The second-order valence-corrected chi connectivity index (χ2v) is 5.54. The highest BCUT2D eigenvalue weighted by Crippen LogP contribution is 2.22. The van der Waals surface area contributed by atoms with E-state index in [0.29, 0.717) is 11.3 Å². The number of carbonyl (C=O) groups is 1.